The Bertz CT molecular complexity index is 775. The van der Waals surface area contributed by atoms with E-state index >= 15 is 0 Å². The van der Waals surface area contributed by atoms with E-state index in [0.717, 1.165) is 53.8 Å². The Hall–Kier alpha value is -1.88. The number of unbranched alkanes of at least 4 members (excludes halogenated alkanes) is 2. The predicted octanol–water partition coefficient (Wildman–Crippen LogP) is 4.37. The number of hydrogen-bond acceptors (Lipinski definition) is 3. The first kappa shape index (κ1) is 18.9. The molecule has 140 valence electrons. The monoisotopic (exact) mass is 372 g/mol. The van der Waals surface area contributed by atoms with Crippen molar-refractivity contribution in [3.05, 3.63) is 34.7 Å². The van der Waals surface area contributed by atoms with Crippen LogP contribution in [-0.4, -0.2) is 36.3 Å². The standard InChI is InChI=1S/C21H28N2O2S/c1-3-4-7-12-22-20(24)16-10-13-23(14-11-16)21(25)19-15(2)17-8-5-6-9-18(17)26-19/h5-6,8-9,16H,3-4,7,10-14H2,1-2H3,(H,22,24). The zero-order valence-electron chi connectivity index (χ0n) is 15.7. The number of rotatable bonds is 6. The number of likely N-dealkylation sites (tertiary alicyclic amines) is 1. The highest BCUT2D eigenvalue weighted by Gasteiger charge is 2.29. The second-order valence-electron chi connectivity index (χ2n) is 7.12. The molecule has 0 radical (unpaired) electrons. The van der Waals surface area contributed by atoms with Gasteiger partial charge >= 0.3 is 0 Å². The molecule has 0 atom stereocenters. The number of carbonyl (C=O) groups excluding carboxylic acids is 2. The van der Waals surface area contributed by atoms with Gasteiger partial charge in [-0.15, -0.1) is 11.3 Å². The molecule has 0 spiro atoms. The molecule has 1 N–H and O–H groups in total. The molecule has 1 saturated heterocycles. The molecule has 1 aromatic carbocycles. The van der Waals surface area contributed by atoms with E-state index in [4.69, 9.17) is 0 Å². The van der Waals surface area contributed by atoms with E-state index in [1.807, 2.05) is 24.0 Å². The number of fused-ring (bicyclic) bond motifs is 1. The minimum Gasteiger partial charge on any atom is -0.356 e. The summed E-state index contributed by atoms with van der Waals surface area (Å²) in [5.41, 5.74) is 1.08. The molecule has 26 heavy (non-hydrogen) atoms. The maximum Gasteiger partial charge on any atom is 0.264 e. The van der Waals surface area contributed by atoms with E-state index < -0.39 is 0 Å². The molecule has 1 aliphatic heterocycles. The van der Waals surface area contributed by atoms with Crippen molar-refractivity contribution in [1.29, 1.82) is 0 Å². The fourth-order valence-corrected chi connectivity index (χ4v) is 4.77. The number of amides is 2. The van der Waals surface area contributed by atoms with Crippen molar-refractivity contribution >= 4 is 33.2 Å². The van der Waals surface area contributed by atoms with Crippen molar-refractivity contribution in [2.45, 2.75) is 46.0 Å². The number of benzene rings is 1. The molecule has 3 rings (SSSR count). The van der Waals surface area contributed by atoms with Crippen LogP contribution in [0.15, 0.2) is 24.3 Å². The second-order valence-corrected chi connectivity index (χ2v) is 8.17. The fourth-order valence-electron chi connectivity index (χ4n) is 3.60. The Labute approximate surface area is 159 Å². The van der Waals surface area contributed by atoms with Crippen LogP contribution in [0.3, 0.4) is 0 Å². The SMILES string of the molecule is CCCCCNC(=O)C1CCN(C(=O)c2sc3ccccc3c2C)CC1. The summed E-state index contributed by atoms with van der Waals surface area (Å²) < 4.78 is 1.16. The second kappa shape index (κ2) is 8.67. The van der Waals surface area contributed by atoms with Crippen LogP contribution in [-0.2, 0) is 4.79 Å². The van der Waals surface area contributed by atoms with Crippen LogP contribution in [0.5, 0.6) is 0 Å². The average molecular weight is 373 g/mol. The van der Waals surface area contributed by atoms with Crippen LogP contribution in [0.4, 0.5) is 0 Å². The van der Waals surface area contributed by atoms with E-state index in [-0.39, 0.29) is 17.7 Å². The zero-order chi connectivity index (χ0) is 18.5. The molecule has 1 fully saturated rings. The highest BCUT2D eigenvalue weighted by atomic mass is 32.1. The molecular formula is C21H28N2O2S. The van der Waals surface area contributed by atoms with Crippen molar-refractivity contribution in [3.63, 3.8) is 0 Å². The summed E-state index contributed by atoms with van der Waals surface area (Å²) in [6.07, 6.45) is 4.88. The average Bonchev–Trinajstić information content (AvgIpc) is 3.01. The van der Waals surface area contributed by atoms with Crippen LogP contribution in [0, 0.1) is 12.8 Å². The molecule has 1 aliphatic rings. The van der Waals surface area contributed by atoms with Crippen LogP contribution in [0.2, 0.25) is 0 Å². The number of hydrogen-bond donors (Lipinski definition) is 1. The summed E-state index contributed by atoms with van der Waals surface area (Å²) in [5, 5.41) is 4.22. The van der Waals surface area contributed by atoms with Gasteiger partial charge < -0.3 is 10.2 Å². The van der Waals surface area contributed by atoms with Gasteiger partial charge in [-0.3, -0.25) is 9.59 Å². The fraction of sp³-hybridized carbons (Fsp3) is 0.524. The van der Waals surface area contributed by atoms with Gasteiger partial charge in [0.1, 0.15) is 0 Å². The summed E-state index contributed by atoms with van der Waals surface area (Å²) in [6.45, 7) is 6.29. The van der Waals surface area contributed by atoms with Crippen molar-refractivity contribution < 1.29 is 9.59 Å². The minimum atomic E-state index is 0.0455. The maximum atomic E-state index is 12.9. The van der Waals surface area contributed by atoms with E-state index in [0.29, 0.717) is 13.1 Å². The molecule has 1 aromatic heterocycles. The van der Waals surface area contributed by atoms with Crippen molar-refractivity contribution in [3.8, 4) is 0 Å². The van der Waals surface area contributed by atoms with E-state index in [1.54, 1.807) is 11.3 Å². The Morgan fingerprint density at radius 3 is 2.62 bits per heavy atom. The third-order valence-corrected chi connectivity index (χ3v) is 6.53. The molecule has 2 heterocycles. The van der Waals surface area contributed by atoms with Crippen molar-refractivity contribution in [2.75, 3.05) is 19.6 Å². The van der Waals surface area contributed by atoms with E-state index in [2.05, 4.69) is 24.4 Å². The first-order valence-corrected chi connectivity index (χ1v) is 10.5. The number of nitrogens with zero attached hydrogens (tertiary/aromatic N) is 1. The van der Waals surface area contributed by atoms with Gasteiger partial charge in [0, 0.05) is 30.3 Å². The summed E-state index contributed by atoms with van der Waals surface area (Å²) in [5.74, 6) is 0.320. The smallest absolute Gasteiger partial charge is 0.264 e. The lowest BCUT2D eigenvalue weighted by atomic mass is 9.95. The zero-order valence-corrected chi connectivity index (χ0v) is 16.5. The van der Waals surface area contributed by atoms with E-state index in [9.17, 15) is 9.59 Å². The summed E-state index contributed by atoms with van der Waals surface area (Å²) in [6, 6.07) is 8.17. The van der Waals surface area contributed by atoms with Crippen LogP contribution >= 0.6 is 11.3 Å². The van der Waals surface area contributed by atoms with Crippen LogP contribution < -0.4 is 5.32 Å². The number of nitrogens with one attached hydrogen (secondary N) is 1. The van der Waals surface area contributed by atoms with Crippen molar-refractivity contribution in [2.24, 2.45) is 5.92 Å². The molecule has 0 saturated carbocycles. The first-order chi connectivity index (χ1) is 12.6. The Kier molecular flexibility index (Phi) is 6.30. The number of thiophene rings is 1. The minimum absolute atomic E-state index is 0.0455. The van der Waals surface area contributed by atoms with Gasteiger partial charge in [0.05, 0.1) is 4.88 Å². The topological polar surface area (TPSA) is 49.4 Å². The van der Waals surface area contributed by atoms with Gasteiger partial charge in [0.25, 0.3) is 5.91 Å². The Morgan fingerprint density at radius 1 is 1.19 bits per heavy atom. The third-order valence-electron chi connectivity index (χ3n) is 5.27. The molecular weight excluding hydrogens is 344 g/mol. The van der Waals surface area contributed by atoms with E-state index in [1.165, 1.54) is 5.39 Å². The number of aryl methyl sites for hydroxylation is 1. The van der Waals surface area contributed by atoms with Crippen LogP contribution in [0.1, 0.15) is 54.3 Å². The van der Waals surface area contributed by atoms with Gasteiger partial charge in [-0.1, -0.05) is 38.0 Å². The quantitative estimate of drug-likeness (QED) is 0.766. The molecule has 5 heteroatoms. The number of carbonyl (C=O) groups is 2. The third kappa shape index (κ3) is 4.09. The Balaban J connectivity index is 1.56. The highest BCUT2D eigenvalue weighted by Crippen LogP contribution is 2.32. The van der Waals surface area contributed by atoms with Gasteiger partial charge in [0.2, 0.25) is 5.91 Å². The summed E-state index contributed by atoms with van der Waals surface area (Å²) in [4.78, 5) is 28.0. The van der Waals surface area contributed by atoms with Crippen molar-refractivity contribution in [1.82, 2.24) is 10.2 Å². The summed E-state index contributed by atoms with van der Waals surface area (Å²) >= 11 is 1.58. The molecule has 0 unspecified atom stereocenters. The van der Waals surface area contributed by atoms with Gasteiger partial charge in [-0.2, -0.15) is 0 Å². The van der Waals surface area contributed by atoms with Gasteiger partial charge in [0.15, 0.2) is 0 Å². The molecule has 2 amide bonds. The molecule has 2 aromatic rings. The lowest BCUT2D eigenvalue weighted by Crippen LogP contribution is -2.43. The number of piperidine rings is 1. The lowest BCUT2D eigenvalue weighted by molar-refractivity contribution is -0.126. The largest absolute Gasteiger partial charge is 0.356 e. The maximum absolute atomic E-state index is 12.9. The van der Waals surface area contributed by atoms with Crippen LogP contribution in [0.25, 0.3) is 10.1 Å². The normalized spacial score (nSPS) is 15.4. The highest BCUT2D eigenvalue weighted by molar-refractivity contribution is 7.21. The molecule has 4 nitrogen and oxygen atoms in total. The molecule has 0 aliphatic carbocycles. The first-order valence-electron chi connectivity index (χ1n) is 9.67. The predicted molar refractivity (Wildman–Crippen MR) is 108 cm³/mol. The van der Waals surface area contributed by atoms with Gasteiger partial charge in [-0.25, -0.2) is 0 Å². The molecule has 0 bridgehead atoms. The Morgan fingerprint density at radius 2 is 1.92 bits per heavy atom. The lowest BCUT2D eigenvalue weighted by Gasteiger charge is -2.31. The van der Waals surface area contributed by atoms with Gasteiger partial charge in [-0.05, 0) is 43.2 Å². The summed E-state index contributed by atoms with van der Waals surface area (Å²) in [7, 11) is 0.